The summed E-state index contributed by atoms with van der Waals surface area (Å²) in [6.07, 6.45) is 2.66. The van der Waals surface area contributed by atoms with E-state index < -0.39 is 0 Å². The maximum absolute atomic E-state index is 11.4. The first-order valence-electron chi connectivity index (χ1n) is 4.19. The predicted octanol–water partition coefficient (Wildman–Crippen LogP) is 2.24. The number of rotatable bonds is 2. The first kappa shape index (κ1) is 9.56. The molecule has 1 atom stereocenters. The average Bonchev–Trinajstić information content (AvgIpc) is 2.35. The lowest BCUT2D eigenvalue weighted by molar-refractivity contribution is -0.122. The van der Waals surface area contributed by atoms with Crippen LogP contribution in [0, 0.1) is 5.92 Å². The lowest BCUT2D eigenvalue weighted by Crippen LogP contribution is -2.31. The number of isothiocyanates is 1. The molecule has 0 bridgehead atoms. The second kappa shape index (κ2) is 3.46. The van der Waals surface area contributed by atoms with Crippen molar-refractivity contribution in [3.8, 4) is 0 Å². The summed E-state index contributed by atoms with van der Waals surface area (Å²) in [6, 6.07) is 0. The van der Waals surface area contributed by atoms with Crippen LogP contribution in [-0.2, 0) is 4.79 Å². The van der Waals surface area contributed by atoms with Gasteiger partial charge in [-0.15, -0.1) is 0 Å². The molecule has 0 aliphatic heterocycles. The van der Waals surface area contributed by atoms with Crippen molar-refractivity contribution in [1.82, 2.24) is 0 Å². The summed E-state index contributed by atoms with van der Waals surface area (Å²) in [5, 5.41) is 2.36. The summed E-state index contributed by atoms with van der Waals surface area (Å²) < 4.78 is 0. The standard InChI is InChI=1S/C9H13NOS/c1-9(2,10-6-12)7-4-3-5-8(7)11/h7H,3-5H2,1-2H3/t7-/m0/s1. The van der Waals surface area contributed by atoms with Crippen LogP contribution < -0.4 is 0 Å². The Bertz CT molecular complexity index is 241. The van der Waals surface area contributed by atoms with Crippen molar-refractivity contribution >= 4 is 23.2 Å². The van der Waals surface area contributed by atoms with Gasteiger partial charge in [-0.25, -0.2) is 4.99 Å². The summed E-state index contributed by atoms with van der Waals surface area (Å²) in [5.74, 6) is 0.391. The Kier molecular flexibility index (Phi) is 2.76. The molecule has 0 spiro atoms. The third kappa shape index (κ3) is 1.79. The van der Waals surface area contributed by atoms with Crippen molar-refractivity contribution in [1.29, 1.82) is 0 Å². The molecule has 0 unspecified atom stereocenters. The van der Waals surface area contributed by atoms with E-state index in [1.54, 1.807) is 0 Å². The number of carbonyl (C=O) groups excluding carboxylic acids is 1. The molecule has 66 valence electrons. The first-order valence-corrected chi connectivity index (χ1v) is 4.60. The number of hydrogen-bond acceptors (Lipinski definition) is 3. The van der Waals surface area contributed by atoms with Crippen LogP contribution in [0.1, 0.15) is 33.1 Å². The molecule has 0 amide bonds. The molecule has 0 N–H and O–H groups in total. The minimum Gasteiger partial charge on any atom is -0.299 e. The lowest BCUT2D eigenvalue weighted by Gasteiger charge is -2.24. The zero-order valence-electron chi connectivity index (χ0n) is 7.46. The average molecular weight is 183 g/mol. The number of ketones is 1. The summed E-state index contributed by atoms with van der Waals surface area (Å²) in [7, 11) is 0. The molecule has 1 saturated carbocycles. The van der Waals surface area contributed by atoms with Crippen molar-refractivity contribution < 1.29 is 4.79 Å². The number of thiocarbonyl (C=S) groups is 1. The zero-order valence-corrected chi connectivity index (χ0v) is 8.28. The Hall–Kier alpha value is -0.530. The highest BCUT2D eigenvalue weighted by atomic mass is 32.1. The highest BCUT2D eigenvalue weighted by Gasteiger charge is 2.37. The molecule has 12 heavy (non-hydrogen) atoms. The quantitative estimate of drug-likeness (QED) is 0.485. The van der Waals surface area contributed by atoms with E-state index in [-0.39, 0.29) is 11.5 Å². The largest absolute Gasteiger partial charge is 0.299 e. The molecule has 1 aliphatic carbocycles. The SMILES string of the molecule is CC(C)(N=C=S)[C@H]1CCCC1=O. The summed E-state index contributed by atoms with van der Waals surface area (Å²) in [6.45, 7) is 3.89. The molecule has 0 aromatic carbocycles. The van der Waals surface area contributed by atoms with Crippen LogP contribution in [0.2, 0.25) is 0 Å². The topological polar surface area (TPSA) is 29.4 Å². The Balaban J connectivity index is 2.80. The second-order valence-corrected chi connectivity index (χ2v) is 3.95. The summed E-state index contributed by atoms with van der Waals surface area (Å²) in [4.78, 5) is 15.4. The molecule has 1 aliphatic rings. The zero-order chi connectivity index (χ0) is 9.19. The van der Waals surface area contributed by atoms with Crippen LogP contribution in [0.4, 0.5) is 0 Å². The second-order valence-electron chi connectivity index (χ2n) is 3.77. The molecule has 0 aromatic rings. The van der Waals surface area contributed by atoms with Gasteiger partial charge >= 0.3 is 0 Å². The fraction of sp³-hybridized carbons (Fsp3) is 0.778. The van der Waals surface area contributed by atoms with E-state index in [1.165, 1.54) is 0 Å². The maximum atomic E-state index is 11.4. The van der Waals surface area contributed by atoms with Gasteiger partial charge in [-0.05, 0) is 38.9 Å². The van der Waals surface area contributed by atoms with Gasteiger partial charge in [-0.3, -0.25) is 4.79 Å². The third-order valence-electron chi connectivity index (χ3n) is 2.49. The van der Waals surface area contributed by atoms with E-state index in [1.807, 2.05) is 13.8 Å². The molecular weight excluding hydrogens is 170 g/mol. The molecule has 3 heteroatoms. The number of carbonyl (C=O) groups is 1. The molecule has 0 saturated heterocycles. The van der Waals surface area contributed by atoms with Crippen molar-refractivity contribution in [2.75, 3.05) is 0 Å². The number of Topliss-reactive ketones (excluding diaryl/α,β-unsaturated/α-hetero) is 1. The maximum Gasteiger partial charge on any atom is 0.138 e. The highest BCUT2D eigenvalue weighted by Crippen LogP contribution is 2.33. The summed E-state index contributed by atoms with van der Waals surface area (Å²) >= 11 is 4.55. The Morgan fingerprint density at radius 1 is 1.67 bits per heavy atom. The normalized spacial score (nSPS) is 23.8. The van der Waals surface area contributed by atoms with Gasteiger partial charge in [0.25, 0.3) is 0 Å². The van der Waals surface area contributed by atoms with E-state index in [0.29, 0.717) is 12.2 Å². The molecule has 1 fully saturated rings. The molecule has 2 nitrogen and oxygen atoms in total. The first-order chi connectivity index (χ1) is 5.58. The van der Waals surface area contributed by atoms with E-state index >= 15 is 0 Å². The van der Waals surface area contributed by atoms with E-state index in [0.717, 1.165) is 12.8 Å². The van der Waals surface area contributed by atoms with E-state index in [4.69, 9.17) is 0 Å². The van der Waals surface area contributed by atoms with Crippen LogP contribution in [0.25, 0.3) is 0 Å². The Morgan fingerprint density at radius 3 is 2.75 bits per heavy atom. The molecule has 0 aromatic heterocycles. The molecule has 0 radical (unpaired) electrons. The molecular formula is C9H13NOS. The van der Waals surface area contributed by atoms with Gasteiger partial charge in [-0.2, -0.15) is 0 Å². The van der Waals surface area contributed by atoms with E-state index in [2.05, 4.69) is 22.4 Å². The minimum atomic E-state index is -0.338. The van der Waals surface area contributed by atoms with Gasteiger partial charge in [0.2, 0.25) is 0 Å². The van der Waals surface area contributed by atoms with Gasteiger partial charge in [0.15, 0.2) is 0 Å². The predicted molar refractivity (Wildman–Crippen MR) is 51.5 cm³/mol. The van der Waals surface area contributed by atoms with Crippen molar-refractivity contribution in [2.45, 2.75) is 38.6 Å². The van der Waals surface area contributed by atoms with Crippen molar-refractivity contribution in [3.05, 3.63) is 0 Å². The Labute approximate surface area is 78.1 Å². The van der Waals surface area contributed by atoms with Crippen LogP contribution in [0.15, 0.2) is 4.99 Å². The lowest BCUT2D eigenvalue weighted by atomic mass is 9.86. The molecule has 1 rings (SSSR count). The van der Waals surface area contributed by atoms with E-state index in [9.17, 15) is 4.79 Å². The van der Waals surface area contributed by atoms with Crippen LogP contribution in [0.5, 0.6) is 0 Å². The minimum absolute atomic E-state index is 0.0629. The smallest absolute Gasteiger partial charge is 0.138 e. The van der Waals surface area contributed by atoms with Gasteiger partial charge in [0.05, 0.1) is 10.7 Å². The van der Waals surface area contributed by atoms with Gasteiger partial charge in [0, 0.05) is 12.3 Å². The van der Waals surface area contributed by atoms with Gasteiger partial charge in [-0.1, -0.05) is 0 Å². The van der Waals surface area contributed by atoms with Gasteiger partial charge in [0.1, 0.15) is 5.78 Å². The fourth-order valence-corrected chi connectivity index (χ4v) is 1.99. The van der Waals surface area contributed by atoms with Gasteiger partial charge < -0.3 is 0 Å². The number of hydrogen-bond donors (Lipinski definition) is 0. The Morgan fingerprint density at radius 2 is 2.33 bits per heavy atom. The third-order valence-corrected chi connectivity index (χ3v) is 2.58. The molecule has 0 heterocycles. The monoisotopic (exact) mass is 183 g/mol. The number of aliphatic imine (C=N–C) groups is 1. The van der Waals surface area contributed by atoms with Crippen LogP contribution in [-0.4, -0.2) is 16.5 Å². The highest BCUT2D eigenvalue weighted by molar-refractivity contribution is 7.78. The van der Waals surface area contributed by atoms with Crippen molar-refractivity contribution in [3.63, 3.8) is 0 Å². The number of nitrogens with zero attached hydrogens (tertiary/aromatic N) is 1. The summed E-state index contributed by atoms with van der Waals surface area (Å²) in [5.41, 5.74) is -0.338. The van der Waals surface area contributed by atoms with Crippen LogP contribution in [0.3, 0.4) is 0 Å². The van der Waals surface area contributed by atoms with Crippen LogP contribution >= 0.6 is 12.2 Å². The van der Waals surface area contributed by atoms with Crippen molar-refractivity contribution in [2.24, 2.45) is 10.9 Å². The fourth-order valence-electron chi connectivity index (χ4n) is 1.76.